The number of aliphatic hydroxyl groups excluding tert-OH is 1. The van der Waals surface area contributed by atoms with Crippen LogP contribution in [0, 0.1) is 26.7 Å². The third-order valence-electron chi connectivity index (χ3n) is 6.04. The van der Waals surface area contributed by atoms with Gasteiger partial charge in [-0.25, -0.2) is 0 Å². The smallest absolute Gasteiger partial charge is 0.253 e. The molecule has 2 N–H and O–H groups in total. The number of benzene rings is 2. The zero-order valence-corrected chi connectivity index (χ0v) is 16.7. The number of hydrogen-bond acceptors (Lipinski definition) is 2. The van der Waals surface area contributed by atoms with Crippen LogP contribution in [-0.4, -0.2) is 17.6 Å². The van der Waals surface area contributed by atoms with Crippen LogP contribution in [0.2, 0.25) is 0 Å². The van der Waals surface area contributed by atoms with Crippen molar-refractivity contribution in [2.45, 2.75) is 58.5 Å². The van der Waals surface area contributed by atoms with E-state index < -0.39 is 6.10 Å². The van der Waals surface area contributed by atoms with Gasteiger partial charge in [-0.3, -0.25) is 4.79 Å². The minimum Gasteiger partial charge on any atom is -0.378 e. The van der Waals surface area contributed by atoms with Crippen molar-refractivity contribution < 1.29 is 9.90 Å². The molecule has 3 atom stereocenters. The van der Waals surface area contributed by atoms with Gasteiger partial charge in [0.2, 0.25) is 0 Å². The molecule has 1 aliphatic carbocycles. The van der Waals surface area contributed by atoms with E-state index in [1.807, 2.05) is 25.1 Å². The lowest BCUT2D eigenvalue weighted by molar-refractivity contribution is -0.129. The van der Waals surface area contributed by atoms with Crippen molar-refractivity contribution in [3.05, 3.63) is 70.3 Å². The van der Waals surface area contributed by atoms with Crippen LogP contribution in [0.3, 0.4) is 0 Å². The summed E-state index contributed by atoms with van der Waals surface area (Å²) < 4.78 is 0. The van der Waals surface area contributed by atoms with Gasteiger partial charge in [0.15, 0.2) is 6.10 Å². The largest absolute Gasteiger partial charge is 0.378 e. The van der Waals surface area contributed by atoms with Crippen LogP contribution in [-0.2, 0) is 4.79 Å². The summed E-state index contributed by atoms with van der Waals surface area (Å²) in [5.74, 6) is 0.744. The van der Waals surface area contributed by atoms with Crippen molar-refractivity contribution in [2.24, 2.45) is 5.92 Å². The predicted octanol–water partition coefficient (Wildman–Crippen LogP) is 4.74. The van der Waals surface area contributed by atoms with Crippen LogP contribution >= 0.6 is 0 Å². The molecule has 0 bridgehead atoms. The Labute approximate surface area is 162 Å². The van der Waals surface area contributed by atoms with Crippen LogP contribution < -0.4 is 5.32 Å². The van der Waals surface area contributed by atoms with Crippen molar-refractivity contribution in [2.75, 3.05) is 6.54 Å². The molecule has 0 radical (unpaired) electrons. The summed E-state index contributed by atoms with van der Waals surface area (Å²) >= 11 is 0. The van der Waals surface area contributed by atoms with Crippen molar-refractivity contribution in [3.63, 3.8) is 0 Å². The summed E-state index contributed by atoms with van der Waals surface area (Å²) in [7, 11) is 0. The molecule has 3 nitrogen and oxygen atoms in total. The van der Waals surface area contributed by atoms with E-state index in [1.165, 1.54) is 29.5 Å². The molecule has 0 saturated heterocycles. The van der Waals surface area contributed by atoms with Gasteiger partial charge >= 0.3 is 0 Å². The molecule has 27 heavy (non-hydrogen) atoms. The van der Waals surface area contributed by atoms with Gasteiger partial charge in [0.05, 0.1) is 0 Å². The highest BCUT2D eigenvalue weighted by Crippen LogP contribution is 2.37. The highest BCUT2D eigenvalue weighted by molar-refractivity contribution is 5.81. The molecule has 2 aromatic rings. The fourth-order valence-corrected chi connectivity index (χ4v) is 4.31. The zero-order valence-electron chi connectivity index (χ0n) is 16.7. The molecule has 1 aliphatic rings. The summed E-state index contributed by atoms with van der Waals surface area (Å²) in [4.78, 5) is 12.4. The lowest BCUT2D eigenvalue weighted by atomic mass is 9.76. The van der Waals surface area contributed by atoms with E-state index in [2.05, 4.69) is 37.4 Å². The fourth-order valence-electron chi connectivity index (χ4n) is 4.31. The summed E-state index contributed by atoms with van der Waals surface area (Å²) in [6.07, 6.45) is 3.57. The molecule has 3 heteroatoms. The number of aliphatic hydroxyl groups is 1. The monoisotopic (exact) mass is 365 g/mol. The van der Waals surface area contributed by atoms with E-state index in [0.29, 0.717) is 23.9 Å². The maximum absolute atomic E-state index is 12.4. The number of amides is 1. The van der Waals surface area contributed by atoms with E-state index in [9.17, 15) is 9.90 Å². The Bertz CT molecular complexity index is 799. The van der Waals surface area contributed by atoms with E-state index in [-0.39, 0.29) is 5.91 Å². The number of aryl methyl sites for hydroxylation is 2. The second-order valence-corrected chi connectivity index (χ2v) is 8.08. The van der Waals surface area contributed by atoms with Crippen LogP contribution in [0.15, 0.2) is 42.5 Å². The van der Waals surface area contributed by atoms with Gasteiger partial charge in [0, 0.05) is 6.54 Å². The molecule has 1 fully saturated rings. The van der Waals surface area contributed by atoms with Gasteiger partial charge in [-0.05, 0) is 74.1 Å². The normalized spacial score (nSPS) is 20.9. The van der Waals surface area contributed by atoms with E-state index >= 15 is 0 Å². The first kappa shape index (κ1) is 19.6. The highest BCUT2D eigenvalue weighted by atomic mass is 16.3. The van der Waals surface area contributed by atoms with Crippen LogP contribution in [0.5, 0.6) is 0 Å². The molecule has 2 aromatic carbocycles. The Morgan fingerprint density at radius 1 is 1.15 bits per heavy atom. The van der Waals surface area contributed by atoms with Gasteiger partial charge in [-0.2, -0.15) is 0 Å². The minimum absolute atomic E-state index is 0.297. The molecule has 1 saturated carbocycles. The van der Waals surface area contributed by atoms with Crippen molar-refractivity contribution in [1.82, 2.24) is 5.32 Å². The maximum Gasteiger partial charge on any atom is 0.253 e. The molecule has 3 unspecified atom stereocenters. The number of rotatable bonds is 5. The van der Waals surface area contributed by atoms with Crippen molar-refractivity contribution >= 4 is 5.91 Å². The summed E-state index contributed by atoms with van der Waals surface area (Å²) in [6.45, 7) is 6.99. The van der Waals surface area contributed by atoms with E-state index in [0.717, 1.165) is 18.4 Å². The van der Waals surface area contributed by atoms with Crippen LogP contribution in [0.1, 0.15) is 65.5 Å². The molecule has 144 valence electrons. The third-order valence-corrected chi connectivity index (χ3v) is 6.04. The lowest BCUT2D eigenvalue weighted by Crippen LogP contribution is -2.35. The minimum atomic E-state index is -1.09. The zero-order chi connectivity index (χ0) is 19.4. The summed E-state index contributed by atoms with van der Waals surface area (Å²) in [6, 6.07) is 14.1. The Morgan fingerprint density at radius 3 is 2.70 bits per heavy atom. The quantitative estimate of drug-likeness (QED) is 0.804. The maximum atomic E-state index is 12.4. The van der Waals surface area contributed by atoms with E-state index in [4.69, 9.17) is 0 Å². The summed E-state index contributed by atoms with van der Waals surface area (Å²) in [5.41, 5.74) is 5.92. The van der Waals surface area contributed by atoms with Gasteiger partial charge in [-0.15, -0.1) is 0 Å². The van der Waals surface area contributed by atoms with Gasteiger partial charge in [-0.1, -0.05) is 54.4 Å². The number of carbonyl (C=O) groups is 1. The molecule has 0 aliphatic heterocycles. The van der Waals surface area contributed by atoms with E-state index in [1.54, 1.807) is 6.07 Å². The second-order valence-electron chi connectivity index (χ2n) is 8.08. The van der Waals surface area contributed by atoms with Crippen molar-refractivity contribution in [3.8, 4) is 0 Å². The topological polar surface area (TPSA) is 49.3 Å². The predicted molar refractivity (Wildman–Crippen MR) is 110 cm³/mol. The number of carbonyl (C=O) groups excluding carboxylic acids is 1. The number of nitrogens with one attached hydrogen (secondary N) is 1. The molecular formula is C24H31NO2. The average molecular weight is 366 g/mol. The third kappa shape index (κ3) is 4.78. The Morgan fingerprint density at radius 2 is 1.93 bits per heavy atom. The highest BCUT2D eigenvalue weighted by Gasteiger charge is 2.26. The first-order valence-electron chi connectivity index (χ1n) is 10.0. The lowest BCUT2D eigenvalue weighted by Gasteiger charge is -2.31. The number of hydrogen-bond donors (Lipinski definition) is 2. The molecule has 0 heterocycles. The fraction of sp³-hybridized carbons (Fsp3) is 0.458. The second kappa shape index (κ2) is 8.71. The molecule has 1 amide bonds. The standard InChI is InChI=1S/C24H31NO2/c1-16-7-4-11-21(13-16)23(26)24(27)25-15-19-9-6-10-20(14-19)22-12-5-8-17(2)18(22)3/h4-5,7-8,11-13,19-20,23,26H,6,9-10,14-15H2,1-3H3,(H,25,27). The Hall–Kier alpha value is -2.13. The molecular weight excluding hydrogens is 334 g/mol. The SMILES string of the molecule is Cc1cccc(C(O)C(=O)NCC2CCCC(c3cccc(C)c3C)C2)c1. The van der Waals surface area contributed by atoms with Gasteiger partial charge in [0.25, 0.3) is 5.91 Å². The average Bonchev–Trinajstić information content (AvgIpc) is 2.68. The molecule has 0 aromatic heterocycles. The van der Waals surface area contributed by atoms with Crippen molar-refractivity contribution in [1.29, 1.82) is 0 Å². The van der Waals surface area contributed by atoms with Crippen LogP contribution in [0.25, 0.3) is 0 Å². The first-order valence-corrected chi connectivity index (χ1v) is 10.0. The summed E-state index contributed by atoms with van der Waals surface area (Å²) in [5, 5.41) is 13.3. The Balaban J connectivity index is 1.58. The van der Waals surface area contributed by atoms with Gasteiger partial charge < -0.3 is 10.4 Å². The molecule has 3 rings (SSSR count). The van der Waals surface area contributed by atoms with Gasteiger partial charge in [0.1, 0.15) is 0 Å². The van der Waals surface area contributed by atoms with Crippen LogP contribution in [0.4, 0.5) is 0 Å². The Kier molecular flexibility index (Phi) is 6.33. The molecule has 0 spiro atoms. The first-order chi connectivity index (χ1) is 13.0.